The number of carbonyl (C=O) groups is 1. The highest BCUT2D eigenvalue weighted by Gasteiger charge is 2.21. The van der Waals surface area contributed by atoms with Gasteiger partial charge in [0.2, 0.25) is 0 Å². The number of aromatic nitrogens is 1. The summed E-state index contributed by atoms with van der Waals surface area (Å²) >= 11 is 0. The molecule has 0 radical (unpaired) electrons. The smallest absolute Gasteiger partial charge is 0.336 e. The maximum absolute atomic E-state index is 11.5. The third-order valence-corrected chi connectivity index (χ3v) is 6.63. The molecule has 1 atom stereocenters. The number of hydrogen-bond acceptors (Lipinski definition) is 4. The Morgan fingerprint density at radius 3 is 2.71 bits per heavy atom. The number of nitrogens with one attached hydrogen (secondary N) is 1. The van der Waals surface area contributed by atoms with Gasteiger partial charge in [-0.2, -0.15) is 0 Å². The van der Waals surface area contributed by atoms with E-state index in [4.69, 9.17) is 4.74 Å². The molecule has 0 bridgehead atoms. The number of fused-ring (bicyclic) bond motifs is 1. The molecule has 2 heterocycles. The van der Waals surface area contributed by atoms with Crippen LogP contribution in [0.15, 0.2) is 85.2 Å². The molecule has 2 N–H and O–H groups in total. The first-order valence-electron chi connectivity index (χ1n) is 11.9. The molecule has 0 unspecified atom stereocenters. The molecule has 0 amide bonds. The maximum atomic E-state index is 11.5. The van der Waals surface area contributed by atoms with Crippen molar-refractivity contribution < 1.29 is 14.6 Å². The topological polar surface area (TPSA) is 71.5 Å². The number of carboxylic acid groups (broad SMARTS) is 1. The standard InChI is InChI=1S/C30H28N2O3/c1-20-17-25(35-24-5-3-2-4-6-24)9-11-26(20)21-7-10-27-22(18-21)13-16-32-29(27)12-8-23-19-31-15-14-28(23)30(33)34/h2-7,9-11,14-15,17-19,29,32H,8,12-13,16H2,1H3,(H,33,34)/t29-/m0/s1. The molecule has 35 heavy (non-hydrogen) atoms. The molecular formula is C30H28N2O3. The van der Waals surface area contributed by atoms with E-state index in [9.17, 15) is 9.90 Å². The van der Waals surface area contributed by atoms with Gasteiger partial charge in [-0.15, -0.1) is 0 Å². The van der Waals surface area contributed by atoms with Crippen LogP contribution in [0.25, 0.3) is 11.1 Å². The molecule has 1 aliphatic rings. The third kappa shape index (κ3) is 5.10. The highest BCUT2D eigenvalue weighted by Crippen LogP contribution is 2.34. The van der Waals surface area contributed by atoms with Crippen LogP contribution in [0, 0.1) is 6.92 Å². The van der Waals surface area contributed by atoms with E-state index in [0.29, 0.717) is 12.0 Å². The van der Waals surface area contributed by atoms with E-state index in [1.165, 1.54) is 34.0 Å². The molecule has 0 saturated heterocycles. The van der Waals surface area contributed by atoms with Gasteiger partial charge in [0.05, 0.1) is 5.56 Å². The molecule has 4 aromatic rings. The summed E-state index contributed by atoms with van der Waals surface area (Å²) in [6.45, 7) is 3.02. The van der Waals surface area contributed by atoms with Crippen LogP contribution in [-0.2, 0) is 12.8 Å². The van der Waals surface area contributed by atoms with Gasteiger partial charge in [-0.05, 0) is 96.4 Å². The zero-order chi connectivity index (χ0) is 24.2. The predicted octanol–water partition coefficient (Wildman–Crippen LogP) is 6.37. The molecule has 3 aromatic carbocycles. The largest absolute Gasteiger partial charge is 0.478 e. The van der Waals surface area contributed by atoms with Gasteiger partial charge in [0, 0.05) is 18.4 Å². The lowest BCUT2D eigenvalue weighted by Crippen LogP contribution is -2.30. The molecule has 1 aliphatic heterocycles. The van der Waals surface area contributed by atoms with Gasteiger partial charge in [-0.25, -0.2) is 4.79 Å². The fourth-order valence-corrected chi connectivity index (χ4v) is 4.86. The molecule has 5 rings (SSSR count). The van der Waals surface area contributed by atoms with E-state index in [0.717, 1.165) is 36.4 Å². The Morgan fingerprint density at radius 2 is 1.91 bits per heavy atom. The third-order valence-electron chi connectivity index (χ3n) is 6.63. The zero-order valence-corrected chi connectivity index (χ0v) is 19.7. The van der Waals surface area contributed by atoms with Gasteiger partial charge >= 0.3 is 5.97 Å². The lowest BCUT2D eigenvalue weighted by Gasteiger charge is -2.28. The molecule has 176 valence electrons. The van der Waals surface area contributed by atoms with E-state index >= 15 is 0 Å². The number of benzene rings is 3. The summed E-state index contributed by atoms with van der Waals surface area (Å²) in [5.41, 5.74) is 7.32. The van der Waals surface area contributed by atoms with Gasteiger partial charge in [0.25, 0.3) is 0 Å². The molecular weight excluding hydrogens is 436 g/mol. The SMILES string of the molecule is Cc1cc(Oc2ccccc2)ccc1-c1ccc2c(c1)CCN[C@H]2CCc1cnccc1C(=O)O. The fraction of sp³-hybridized carbons (Fsp3) is 0.200. The number of ether oxygens (including phenoxy) is 1. The maximum Gasteiger partial charge on any atom is 0.336 e. The Kier molecular flexibility index (Phi) is 6.59. The van der Waals surface area contributed by atoms with Crippen LogP contribution < -0.4 is 10.1 Å². The summed E-state index contributed by atoms with van der Waals surface area (Å²) in [6.07, 6.45) is 5.66. The van der Waals surface area contributed by atoms with E-state index in [-0.39, 0.29) is 6.04 Å². The van der Waals surface area contributed by atoms with Crippen molar-refractivity contribution in [1.82, 2.24) is 10.3 Å². The van der Waals surface area contributed by atoms with Crippen LogP contribution in [0.3, 0.4) is 0 Å². The fourth-order valence-electron chi connectivity index (χ4n) is 4.86. The number of aryl methyl sites for hydroxylation is 2. The summed E-state index contributed by atoms with van der Waals surface area (Å²) in [4.78, 5) is 15.7. The van der Waals surface area contributed by atoms with Crippen molar-refractivity contribution >= 4 is 5.97 Å². The Balaban J connectivity index is 1.34. The number of carboxylic acids is 1. The molecule has 0 saturated carbocycles. The van der Waals surface area contributed by atoms with Crippen LogP contribution in [0.4, 0.5) is 0 Å². The second kappa shape index (κ2) is 10.1. The Hall–Kier alpha value is -3.96. The monoisotopic (exact) mass is 464 g/mol. The number of aromatic carboxylic acids is 1. The molecule has 5 heteroatoms. The summed E-state index contributed by atoms with van der Waals surface area (Å²) < 4.78 is 5.99. The minimum atomic E-state index is -0.903. The first-order valence-corrected chi connectivity index (χ1v) is 11.9. The molecule has 0 aliphatic carbocycles. The van der Waals surface area contributed by atoms with E-state index in [1.54, 1.807) is 12.3 Å². The quantitative estimate of drug-likeness (QED) is 0.333. The number of para-hydroxylation sites is 1. The first-order chi connectivity index (χ1) is 17.1. The second-order valence-corrected chi connectivity index (χ2v) is 8.94. The van der Waals surface area contributed by atoms with Gasteiger partial charge in [0.15, 0.2) is 0 Å². The summed E-state index contributed by atoms with van der Waals surface area (Å²) in [7, 11) is 0. The lowest BCUT2D eigenvalue weighted by atomic mass is 9.87. The van der Waals surface area contributed by atoms with Crippen molar-refractivity contribution in [2.75, 3.05) is 6.54 Å². The van der Waals surface area contributed by atoms with E-state index in [2.05, 4.69) is 47.6 Å². The summed E-state index contributed by atoms with van der Waals surface area (Å²) in [5, 5.41) is 13.1. The highest BCUT2D eigenvalue weighted by atomic mass is 16.5. The second-order valence-electron chi connectivity index (χ2n) is 8.94. The van der Waals surface area contributed by atoms with Crippen molar-refractivity contribution in [2.24, 2.45) is 0 Å². The average Bonchev–Trinajstić information content (AvgIpc) is 2.88. The minimum absolute atomic E-state index is 0.192. The van der Waals surface area contributed by atoms with Crippen molar-refractivity contribution in [1.29, 1.82) is 0 Å². The Bertz CT molecular complexity index is 1350. The zero-order valence-electron chi connectivity index (χ0n) is 19.7. The Labute approximate surface area is 205 Å². The van der Waals surface area contributed by atoms with Gasteiger partial charge in [-0.1, -0.05) is 42.5 Å². The number of rotatable bonds is 7. The highest BCUT2D eigenvalue weighted by molar-refractivity contribution is 5.89. The van der Waals surface area contributed by atoms with Crippen LogP contribution >= 0.6 is 0 Å². The van der Waals surface area contributed by atoms with Crippen molar-refractivity contribution in [3.8, 4) is 22.6 Å². The summed E-state index contributed by atoms with van der Waals surface area (Å²) in [6, 6.07) is 24.5. The summed E-state index contributed by atoms with van der Waals surface area (Å²) in [5.74, 6) is 0.754. The molecule has 0 spiro atoms. The van der Waals surface area contributed by atoms with Crippen molar-refractivity contribution in [3.63, 3.8) is 0 Å². The van der Waals surface area contributed by atoms with Crippen molar-refractivity contribution in [3.05, 3.63) is 113 Å². The normalized spacial score (nSPS) is 14.8. The van der Waals surface area contributed by atoms with Gasteiger partial charge < -0.3 is 15.2 Å². The van der Waals surface area contributed by atoms with Crippen LogP contribution in [0.5, 0.6) is 11.5 Å². The average molecular weight is 465 g/mol. The molecule has 1 aromatic heterocycles. The van der Waals surface area contributed by atoms with E-state index < -0.39 is 5.97 Å². The number of pyridine rings is 1. The van der Waals surface area contributed by atoms with Crippen LogP contribution in [0.2, 0.25) is 0 Å². The number of hydrogen-bond donors (Lipinski definition) is 2. The molecule has 0 fully saturated rings. The van der Waals surface area contributed by atoms with Crippen LogP contribution in [-0.4, -0.2) is 22.6 Å². The first kappa shape index (κ1) is 22.8. The van der Waals surface area contributed by atoms with Crippen molar-refractivity contribution in [2.45, 2.75) is 32.2 Å². The van der Waals surface area contributed by atoms with Crippen LogP contribution in [0.1, 0.15) is 45.1 Å². The van der Waals surface area contributed by atoms with Gasteiger partial charge in [-0.3, -0.25) is 4.98 Å². The lowest BCUT2D eigenvalue weighted by molar-refractivity contribution is 0.0695. The minimum Gasteiger partial charge on any atom is -0.478 e. The molecule has 5 nitrogen and oxygen atoms in total. The number of nitrogens with zero attached hydrogens (tertiary/aromatic N) is 1. The van der Waals surface area contributed by atoms with E-state index in [1.807, 2.05) is 36.4 Å². The Morgan fingerprint density at radius 1 is 1.06 bits per heavy atom. The van der Waals surface area contributed by atoms with Gasteiger partial charge in [0.1, 0.15) is 11.5 Å². The predicted molar refractivity (Wildman–Crippen MR) is 137 cm³/mol.